The van der Waals surface area contributed by atoms with Crippen LogP contribution < -0.4 is 0 Å². The van der Waals surface area contributed by atoms with Crippen LogP contribution in [0.4, 0.5) is 4.39 Å². The number of halogens is 2. The van der Waals surface area contributed by atoms with Crippen LogP contribution in [0.15, 0.2) is 0 Å². The van der Waals surface area contributed by atoms with E-state index in [1.165, 1.54) is 0 Å². The van der Waals surface area contributed by atoms with Crippen molar-refractivity contribution >= 4 is 21.7 Å². The van der Waals surface area contributed by atoms with Gasteiger partial charge in [-0.25, -0.2) is 4.39 Å². The Morgan fingerprint density at radius 1 is 1.36 bits per heavy atom. The van der Waals surface area contributed by atoms with E-state index in [0.29, 0.717) is 5.92 Å². The number of rotatable bonds is 0. The number of hydrogen-bond donors (Lipinski definition) is 0. The molecule has 0 radical (unpaired) electrons. The molecule has 0 aromatic heterocycles. The summed E-state index contributed by atoms with van der Waals surface area (Å²) < 4.78 is 13.1. The van der Waals surface area contributed by atoms with Gasteiger partial charge in [0.15, 0.2) is 12.0 Å². The monoisotopic (exact) mass is 220 g/mol. The van der Waals surface area contributed by atoms with Crippen molar-refractivity contribution in [2.45, 2.75) is 30.3 Å². The molecule has 0 spiro atoms. The highest BCUT2D eigenvalue weighted by Crippen LogP contribution is 2.44. The molecule has 0 aliphatic heterocycles. The maximum atomic E-state index is 13.1. The summed E-state index contributed by atoms with van der Waals surface area (Å²) in [6, 6.07) is 0. The Kier molecular flexibility index (Phi) is 1.78. The lowest BCUT2D eigenvalue weighted by Crippen LogP contribution is -2.38. The fraction of sp³-hybridized carbons (Fsp3) is 0.875. The van der Waals surface area contributed by atoms with Crippen molar-refractivity contribution in [3.63, 3.8) is 0 Å². The van der Waals surface area contributed by atoms with Crippen LogP contribution in [0.1, 0.15) is 19.3 Å². The Labute approximate surface area is 73.5 Å². The number of carbonyl (C=O) groups excluding carboxylic acids is 1. The van der Waals surface area contributed by atoms with Gasteiger partial charge in [0.1, 0.15) is 0 Å². The molecule has 0 aromatic carbocycles. The second-order valence-corrected chi connectivity index (χ2v) is 4.53. The number of Topliss-reactive ketones (excluding diaryl/α,β-unsaturated/α-hetero) is 1. The van der Waals surface area contributed by atoms with Gasteiger partial charge in [0.2, 0.25) is 0 Å². The van der Waals surface area contributed by atoms with Gasteiger partial charge in [-0.15, -0.1) is 0 Å². The predicted molar refractivity (Wildman–Crippen MR) is 43.4 cm³/mol. The summed E-state index contributed by atoms with van der Waals surface area (Å²) in [6.07, 6.45) is 1.65. The second kappa shape index (κ2) is 2.54. The predicted octanol–water partition coefficient (Wildman–Crippen LogP) is 2.09. The van der Waals surface area contributed by atoms with Crippen molar-refractivity contribution in [3.05, 3.63) is 0 Å². The number of hydrogen-bond acceptors (Lipinski definition) is 1. The normalized spacial score (nSPS) is 49.8. The first kappa shape index (κ1) is 7.71. The molecule has 0 aromatic rings. The molecule has 2 aliphatic carbocycles. The average molecular weight is 221 g/mol. The van der Waals surface area contributed by atoms with Gasteiger partial charge in [0.25, 0.3) is 0 Å². The van der Waals surface area contributed by atoms with Crippen molar-refractivity contribution < 1.29 is 9.18 Å². The van der Waals surface area contributed by atoms with Crippen molar-refractivity contribution in [2.75, 3.05) is 0 Å². The van der Waals surface area contributed by atoms with Crippen LogP contribution >= 0.6 is 15.9 Å². The van der Waals surface area contributed by atoms with Crippen LogP contribution in [0.3, 0.4) is 0 Å². The average Bonchev–Trinajstić information content (AvgIpc) is 2.44. The van der Waals surface area contributed by atoms with Gasteiger partial charge in [-0.3, -0.25) is 4.79 Å². The topological polar surface area (TPSA) is 17.1 Å². The van der Waals surface area contributed by atoms with Gasteiger partial charge in [-0.05, 0) is 31.1 Å². The summed E-state index contributed by atoms with van der Waals surface area (Å²) in [6.45, 7) is 0. The van der Waals surface area contributed by atoms with E-state index >= 15 is 0 Å². The molecule has 0 saturated heterocycles. The minimum absolute atomic E-state index is 0.0429. The molecular weight excluding hydrogens is 211 g/mol. The first-order valence-electron chi connectivity index (χ1n) is 4.02. The summed E-state index contributed by atoms with van der Waals surface area (Å²) in [4.78, 5) is 11.0. The minimum atomic E-state index is -1.18. The molecule has 11 heavy (non-hydrogen) atoms. The first-order valence-corrected chi connectivity index (χ1v) is 4.93. The molecule has 2 bridgehead atoms. The summed E-state index contributed by atoms with van der Waals surface area (Å²) in [5.41, 5.74) is 0. The molecule has 4 atom stereocenters. The molecule has 0 N–H and O–H groups in total. The van der Waals surface area contributed by atoms with E-state index in [0.717, 1.165) is 19.3 Å². The number of carbonyl (C=O) groups is 1. The van der Waals surface area contributed by atoms with Crippen LogP contribution in [0.25, 0.3) is 0 Å². The zero-order chi connectivity index (χ0) is 8.01. The van der Waals surface area contributed by atoms with Crippen LogP contribution in [0.2, 0.25) is 0 Å². The van der Waals surface area contributed by atoms with E-state index in [2.05, 4.69) is 15.9 Å². The van der Waals surface area contributed by atoms with Crippen molar-refractivity contribution in [1.82, 2.24) is 0 Å². The fourth-order valence-corrected chi connectivity index (χ4v) is 2.93. The van der Waals surface area contributed by atoms with Gasteiger partial charge in [0, 0.05) is 0 Å². The smallest absolute Gasteiger partial charge is 0.180 e. The lowest BCUT2D eigenvalue weighted by molar-refractivity contribution is -0.127. The summed E-state index contributed by atoms with van der Waals surface area (Å²) in [5.74, 6) is 0.240. The molecule has 3 heteroatoms. The van der Waals surface area contributed by atoms with Gasteiger partial charge in [-0.2, -0.15) is 0 Å². The number of alkyl halides is 2. The number of ketones is 1. The molecule has 2 fully saturated rings. The Balaban J connectivity index is 2.23. The van der Waals surface area contributed by atoms with Crippen LogP contribution in [0.5, 0.6) is 0 Å². The van der Waals surface area contributed by atoms with Gasteiger partial charge in [0.05, 0.1) is 4.83 Å². The molecule has 0 unspecified atom stereocenters. The SMILES string of the molecule is O=C1[C@@H](Br)[C@@H]2CC[C@@H](C2)[C@H]1F. The highest BCUT2D eigenvalue weighted by molar-refractivity contribution is 9.10. The van der Waals surface area contributed by atoms with Crippen LogP contribution in [0, 0.1) is 11.8 Å². The number of fused-ring (bicyclic) bond motifs is 2. The third-order valence-corrected chi connectivity index (χ3v) is 4.08. The Morgan fingerprint density at radius 3 is 2.73 bits per heavy atom. The third-order valence-electron chi connectivity index (χ3n) is 2.89. The quantitative estimate of drug-likeness (QED) is 0.572. The maximum Gasteiger partial charge on any atom is 0.180 e. The highest BCUT2D eigenvalue weighted by Gasteiger charge is 2.46. The van der Waals surface area contributed by atoms with Gasteiger partial charge < -0.3 is 0 Å². The van der Waals surface area contributed by atoms with Crippen LogP contribution in [-0.4, -0.2) is 16.8 Å². The largest absolute Gasteiger partial charge is 0.295 e. The third kappa shape index (κ3) is 1.05. The molecule has 62 valence electrons. The molecule has 1 nitrogen and oxygen atoms in total. The Hall–Kier alpha value is 0.0800. The fourth-order valence-electron chi connectivity index (χ4n) is 2.20. The Bertz CT molecular complexity index is 177. The zero-order valence-electron chi connectivity index (χ0n) is 6.09. The second-order valence-electron chi connectivity index (χ2n) is 3.54. The maximum absolute atomic E-state index is 13.1. The zero-order valence-corrected chi connectivity index (χ0v) is 7.68. The van der Waals surface area contributed by atoms with Gasteiger partial charge in [-0.1, -0.05) is 15.9 Å². The Morgan fingerprint density at radius 2 is 2.00 bits per heavy atom. The highest BCUT2D eigenvalue weighted by atomic mass is 79.9. The van der Waals surface area contributed by atoms with E-state index in [1.807, 2.05) is 0 Å². The van der Waals surface area contributed by atoms with E-state index < -0.39 is 6.17 Å². The van der Waals surface area contributed by atoms with Crippen molar-refractivity contribution in [2.24, 2.45) is 11.8 Å². The molecular formula is C8H10BrFO. The lowest BCUT2D eigenvalue weighted by Gasteiger charge is -2.25. The van der Waals surface area contributed by atoms with Gasteiger partial charge >= 0.3 is 0 Å². The molecule has 2 rings (SSSR count). The van der Waals surface area contributed by atoms with Crippen molar-refractivity contribution in [3.8, 4) is 0 Å². The molecule has 2 aliphatic rings. The first-order chi connectivity index (χ1) is 5.20. The molecule has 2 saturated carbocycles. The lowest BCUT2D eigenvalue weighted by atomic mass is 9.87. The van der Waals surface area contributed by atoms with E-state index in [4.69, 9.17) is 0 Å². The minimum Gasteiger partial charge on any atom is -0.295 e. The van der Waals surface area contributed by atoms with Crippen LogP contribution in [-0.2, 0) is 4.79 Å². The van der Waals surface area contributed by atoms with E-state index in [1.54, 1.807) is 0 Å². The molecule has 0 amide bonds. The molecule has 0 heterocycles. The van der Waals surface area contributed by atoms with Crippen molar-refractivity contribution in [1.29, 1.82) is 0 Å². The summed E-state index contributed by atoms with van der Waals surface area (Å²) in [7, 11) is 0. The van der Waals surface area contributed by atoms with E-state index in [9.17, 15) is 9.18 Å². The standard InChI is InChI=1S/C8H10BrFO/c9-6-4-1-2-5(3-4)7(10)8(6)11/h4-7H,1-3H2/t4-,5+,6+,7-/m1/s1. The van der Waals surface area contributed by atoms with E-state index in [-0.39, 0.29) is 16.5 Å². The summed E-state index contributed by atoms with van der Waals surface area (Å²) in [5, 5.41) is 0. The summed E-state index contributed by atoms with van der Waals surface area (Å²) >= 11 is 3.26.